The van der Waals surface area contributed by atoms with Crippen LogP contribution in [0.3, 0.4) is 0 Å². The maximum Gasteiger partial charge on any atom is 0.179 e. The number of hydrogen-bond acceptors (Lipinski definition) is 1. The molecule has 0 aliphatic heterocycles. The third-order valence-corrected chi connectivity index (χ3v) is 3.18. The monoisotopic (exact) mass is 300 g/mol. The van der Waals surface area contributed by atoms with Crippen LogP contribution in [0, 0.1) is 0 Å². The summed E-state index contributed by atoms with van der Waals surface area (Å²) in [6, 6.07) is 3.07. The van der Waals surface area contributed by atoms with Gasteiger partial charge in [0.1, 0.15) is 0 Å². The molecule has 0 heterocycles. The summed E-state index contributed by atoms with van der Waals surface area (Å²) >= 11 is 20.1. The lowest BCUT2D eigenvalue weighted by Gasteiger charge is -2.03. The van der Waals surface area contributed by atoms with Crippen molar-refractivity contribution in [3.05, 3.63) is 32.2 Å². The van der Waals surface area contributed by atoms with Gasteiger partial charge in [0.25, 0.3) is 0 Å². The molecule has 1 rings (SSSR count). The highest BCUT2D eigenvalue weighted by Gasteiger charge is 2.11. The summed E-state index contributed by atoms with van der Waals surface area (Å²) in [7, 11) is 0. The van der Waals surface area contributed by atoms with E-state index < -0.39 is 0 Å². The van der Waals surface area contributed by atoms with Crippen LogP contribution in [0.25, 0.3) is 0 Å². The molecule has 0 saturated heterocycles. The van der Waals surface area contributed by atoms with Gasteiger partial charge in [-0.2, -0.15) is 0 Å². The van der Waals surface area contributed by atoms with Crippen LogP contribution < -0.4 is 0 Å². The summed E-state index contributed by atoms with van der Waals surface area (Å²) < 4.78 is 0.632. The molecular weight excluding hydrogens is 298 g/mol. The topological polar surface area (TPSA) is 17.1 Å². The molecule has 5 heteroatoms. The Balaban J connectivity index is 3.23. The number of halogens is 4. The van der Waals surface area contributed by atoms with Crippen LogP contribution in [-0.2, 0) is 0 Å². The number of carbonyl (C=O) groups excluding carboxylic acids is 1. The molecule has 13 heavy (non-hydrogen) atoms. The molecule has 1 aromatic carbocycles. The molecule has 0 aliphatic carbocycles. The molecule has 0 aliphatic rings. The molecule has 0 atom stereocenters. The van der Waals surface area contributed by atoms with Crippen molar-refractivity contribution in [2.45, 2.75) is 0 Å². The third-order valence-electron chi connectivity index (χ3n) is 1.43. The van der Waals surface area contributed by atoms with Crippen molar-refractivity contribution in [3.63, 3.8) is 0 Å². The maximum atomic E-state index is 11.2. The second kappa shape index (κ2) is 4.65. The average Bonchev–Trinajstić information content (AvgIpc) is 2.10. The van der Waals surface area contributed by atoms with Crippen LogP contribution in [0.15, 0.2) is 16.6 Å². The number of rotatable bonds is 2. The first-order valence-corrected chi connectivity index (χ1v) is 5.38. The fourth-order valence-corrected chi connectivity index (χ4v) is 1.78. The van der Waals surface area contributed by atoms with Crippen molar-refractivity contribution < 1.29 is 4.79 Å². The van der Waals surface area contributed by atoms with E-state index in [1.807, 2.05) is 0 Å². The third kappa shape index (κ3) is 2.59. The van der Waals surface area contributed by atoms with E-state index >= 15 is 0 Å². The predicted octanol–water partition coefficient (Wildman–Crippen LogP) is 4.18. The standard InChI is InChI=1S/C8H4BrCl3O/c9-5-1-4(8(13)3-10)6(11)2-7(5)12/h1-2H,3H2. The van der Waals surface area contributed by atoms with Crippen LogP contribution in [0.4, 0.5) is 0 Å². The Hall–Kier alpha value is 0.240. The van der Waals surface area contributed by atoms with Gasteiger partial charge in [-0.3, -0.25) is 4.79 Å². The second-order valence-electron chi connectivity index (χ2n) is 2.30. The zero-order chi connectivity index (χ0) is 10.0. The Morgan fingerprint density at radius 1 is 1.31 bits per heavy atom. The van der Waals surface area contributed by atoms with Crippen molar-refractivity contribution in [1.82, 2.24) is 0 Å². The van der Waals surface area contributed by atoms with Crippen LogP contribution in [0.1, 0.15) is 10.4 Å². The Labute approximate surface area is 99.1 Å². The smallest absolute Gasteiger partial charge is 0.179 e. The zero-order valence-corrected chi connectivity index (χ0v) is 10.1. The normalized spacial score (nSPS) is 10.2. The molecule has 0 fully saturated rings. The van der Waals surface area contributed by atoms with Gasteiger partial charge in [-0.05, 0) is 28.1 Å². The Morgan fingerprint density at radius 2 is 1.92 bits per heavy atom. The van der Waals surface area contributed by atoms with Gasteiger partial charge in [-0.25, -0.2) is 0 Å². The molecule has 1 aromatic rings. The lowest BCUT2D eigenvalue weighted by atomic mass is 10.1. The lowest BCUT2D eigenvalue weighted by molar-refractivity contribution is 0.102. The molecule has 0 unspecified atom stereocenters. The molecule has 0 radical (unpaired) electrons. The zero-order valence-electron chi connectivity index (χ0n) is 6.28. The van der Waals surface area contributed by atoms with E-state index in [1.54, 1.807) is 6.07 Å². The van der Waals surface area contributed by atoms with Gasteiger partial charge in [0.15, 0.2) is 5.78 Å². The molecule has 0 bridgehead atoms. The summed E-state index contributed by atoms with van der Waals surface area (Å²) in [5.74, 6) is -0.308. The second-order valence-corrected chi connectivity index (χ2v) is 4.24. The van der Waals surface area contributed by atoms with Crippen molar-refractivity contribution in [2.75, 3.05) is 5.88 Å². The number of ketones is 1. The quantitative estimate of drug-likeness (QED) is 0.455. The number of carbonyl (C=O) groups is 1. The predicted molar refractivity (Wildman–Crippen MR) is 59.2 cm³/mol. The van der Waals surface area contributed by atoms with Crippen molar-refractivity contribution >= 4 is 56.5 Å². The van der Waals surface area contributed by atoms with Gasteiger partial charge >= 0.3 is 0 Å². The summed E-state index contributed by atoms with van der Waals surface area (Å²) in [5.41, 5.74) is 0.382. The Kier molecular flexibility index (Phi) is 4.05. The number of hydrogen-bond donors (Lipinski definition) is 0. The number of alkyl halides is 1. The highest BCUT2D eigenvalue weighted by Crippen LogP contribution is 2.29. The fourth-order valence-electron chi connectivity index (χ4n) is 0.808. The minimum Gasteiger partial charge on any atom is -0.293 e. The summed E-state index contributed by atoms with van der Waals surface area (Å²) in [6.45, 7) is 0. The Bertz CT molecular complexity index is 351. The first kappa shape index (κ1) is 11.3. The molecule has 0 aromatic heterocycles. The SMILES string of the molecule is O=C(CCl)c1cc(Br)c(Cl)cc1Cl. The van der Waals surface area contributed by atoms with E-state index in [4.69, 9.17) is 34.8 Å². The van der Waals surface area contributed by atoms with E-state index in [0.717, 1.165) is 0 Å². The first-order valence-electron chi connectivity index (χ1n) is 3.30. The van der Waals surface area contributed by atoms with Gasteiger partial charge in [-0.15, -0.1) is 11.6 Å². The van der Waals surface area contributed by atoms with Gasteiger partial charge in [0, 0.05) is 10.0 Å². The van der Waals surface area contributed by atoms with E-state index in [9.17, 15) is 4.79 Å². The van der Waals surface area contributed by atoms with Crippen molar-refractivity contribution in [2.24, 2.45) is 0 Å². The van der Waals surface area contributed by atoms with E-state index in [1.165, 1.54) is 6.07 Å². The van der Waals surface area contributed by atoms with Gasteiger partial charge in [-0.1, -0.05) is 23.2 Å². The lowest BCUT2D eigenvalue weighted by Crippen LogP contribution is -2.01. The minimum absolute atomic E-state index is 0.0895. The van der Waals surface area contributed by atoms with Crippen molar-refractivity contribution in [3.8, 4) is 0 Å². The summed E-state index contributed by atoms with van der Waals surface area (Å²) in [6.07, 6.45) is 0. The minimum atomic E-state index is -0.218. The fraction of sp³-hybridized carbons (Fsp3) is 0.125. The average molecular weight is 302 g/mol. The summed E-state index contributed by atoms with van der Waals surface area (Å²) in [4.78, 5) is 11.2. The number of Topliss-reactive ketones (excluding diaryl/α,β-unsaturated/α-hetero) is 1. The van der Waals surface area contributed by atoms with Gasteiger partial charge < -0.3 is 0 Å². The largest absolute Gasteiger partial charge is 0.293 e. The Morgan fingerprint density at radius 3 is 2.46 bits per heavy atom. The van der Waals surface area contributed by atoms with E-state index in [-0.39, 0.29) is 11.7 Å². The van der Waals surface area contributed by atoms with Crippen LogP contribution in [0.5, 0.6) is 0 Å². The summed E-state index contributed by atoms with van der Waals surface area (Å²) in [5, 5.41) is 0.787. The molecule has 70 valence electrons. The molecule has 0 N–H and O–H groups in total. The molecule has 0 saturated carbocycles. The maximum absolute atomic E-state index is 11.2. The first-order chi connectivity index (χ1) is 6.06. The van der Waals surface area contributed by atoms with Crippen LogP contribution in [0.2, 0.25) is 10.0 Å². The number of benzene rings is 1. The highest BCUT2D eigenvalue weighted by atomic mass is 79.9. The molecule has 0 spiro atoms. The van der Waals surface area contributed by atoms with Crippen LogP contribution >= 0.6 is 50.7 Å². The van der Waals surface area contributed by atoms with E-state index in [2.05, 4.69) is 15.9 Å². The van der Waals surface area contributed by atoms with E-state index in [0.29, 0.717) is 20.1 Å². The van der Waals surface area contributed by atoms with Crippen molar-refractivity contribution in [1.29, 1.82) is 0 Å². The van der Waals surface area contributed by atoms with Gasteiger partial charge in [0.2, 0.25) is 0 Å². The highest BCUT2D eigenvalue weighted by molar-refractivity contribution is 9.10. The molecule has 0 amide bonds. The van der Waals surface area contributed by atoms with Gasteiger partial charge in [0.05, 0.1) is 15.9 Å². The molecule has 1 nitrogen and oxygen atoms in total. The van der Waals surface area contributed by atoms with Crippen LogP contribution in [-0.4, -0.2) is 11.7 Å². The molecular formula is C8H4BrCl3O.